The predicted octanol–water partition coefficient (Wildman–Crippen LogP) is 5.19. The highest BCUT2D eigenvalue weighted by atomic mass is 16.5. The van der Waals surface area contributed by atoms with Gasteiger partial charge in [-0.05, 0) is 60.6 Å². The van der Waals surface area contributed by atoms with Crippen LogP contribution in [-0.4, -0.2) is 38.9 Å². The Labute approximate surface area is 185 Å². The van der Waals surface area contributed by atoms with Gasteiger partial charge >= 0.3 is 0 Å². The van der Waals surface area contributed by atoms with E-state index in [1.807, 2.05) is 0 Å². The molecule has 1 aliphatic heterocycles. The Morgan fingerprint density at radius 2 is 1.77 bits per heavy atom. The summed E-state index contributed by atoms with van der Waals surface area (Å²) in [4.78, 5) is 2.48. The molecule has 1 N–H and O–H groups in total. The molecule has 3 aromatic rings. The zero-order valence-electron chi connectivity index (χ0n) is 18.3. The van der Waals surface area contributed by atoms with Gasteiger partial charge in [-0.3, -0.25) is 0 Å². The van der Waals surface area contributed by atoms with Gasteiger partial charge in [0.15, 0.2) is 11.5 Å². The lowest BCUT2D eigenvalue weighted by Gasteiger charge is -2.36. The summed E-state index contributed by atoms with van der Waals surface area (Å²) in [5, 5.41) is 6.33. The van der Waals surface area contributed by atoms with Crippen LogP contribution in [0.15, 0.2) is 60.7 Å². The van der Waals surface area contributed by atoms with Crippen LogP contribution in [0.5, 0.6) is 11.5 Å². The van der Waals surface area contributed by atoms with Crippen LogP contribution in [0, 0.1) is 0 Å². The van der Waals surface area contributed by atoms with E-state index in [2.05, 4.69) is 70.9 Å². The predicted molar refractivity (Wildman–Crippen MR) is 128 cm³/mol. The molecule has 0 unspecified atom stereocenters. The lowest BCUT2D eigenvalue weighted by Crippen LogP contribution is -2.51. The Morgan fingerprint density at radius 1 is 0.935 bits per heavy atom. The van der Waals surface area contributed by atoms with E-state index >= 15 is 0 Å². The second-order valence-electron chi connectivity index (χ2n) is 8.84. The standard InChI is InChI=1S/C27H32N2O2/c1-30-26-13-12-24(18-27(26)31-25-8-4-5-9-25)29-15-14-28-23(19-29)17-20-10-11-21-6-2-3-7-22(21)16-20/h2-3,6-7,10-13,16,18,23,25,28H,4-5,8-9,14-15,17,19H2,1H3/t23-/m0/s1. The van der Waals surface area contributed by atoms with Crippen LogP contribution in [0.25, 0.3) is 10.8 Å². The van der Waals surface area contributed by atoms with Gasteiger partial charge in [-0.2, -0.15) is 0 Å². The van der Waals surface area contributed by atoms with Crippen molar-refractivity contribution in [2.75, 3.05) is 31.6 Å². The van der Waals surface area contributed by atoms with Crippen molar-refractivity contribution >= 4 is 16.5 Å². The summed E-state index contributed by atoms with van der Waals surface area (Å²) in [7, 11) is 1.72. The molecular formula is C27H32N2O2. The zero-order valence-corrected chi connectivity index (χ0v) is 18.3. The molecule has 2 aliphatic rings. The first-order chi connectivity index (χ1) is 15.3. The van der Waals surface area contributed by atoms with Crippen LogP contribution >= 0.6 is 0 Å². The largest absolute Gasteiger partial charge is 0.493 e. The van der Waals surface area contributed by atoms with Crippen molar-refractivity contribution in [2.24, 2.45) is 0 Å². The van der Waals surface area contributed by atoms with E-state index in [9.17, 15) is 0 Å². The zero-order chi connectivity index (χ0) is 21.0. The van der Waals surface area contributed by atoms with E-state index in [1.165, 1.54) is 34.9 Å². The molecule has 1 saturated heterocycles. The maximum absolute atomic E-state index is 6.32. The van der Waals surface area contributed by atoms with Gasteiger partial charge in [0, 0.05) is 37.4 Å². The molecule has 1 heterocycles. The molecule has 3 aromatic carbocycles. The summed E-state index contributed by atoms with van der Waals surface area (Å²) < 4.78 is 11.9. The van der Waals surface area contributed by atoms with E-state index in [1.54, 1.807) is 7.11 Å². The Bertz CT molecular complexity index is 1030. The van der Waals surface area contributed by atoms with Crippen molar-refractivity contribution < 1.29 is 9.47 Å². The van der Waals surface area contributed by atoms with E-state index in [0.29, 0.717) is 12.1 Å². The maximum Gasteiger partial charge on any atom is 0.163 e. The highest BCUT2D eigenvalue weighted by molar-refractivity contribution is 5.83. The van der Waals surface area contributed by atoms with Crippen LogP contribution in [0.1, 0.15) is 31.2 Å². The van der Waals surface area contributed by atoms with Crippen molar-refractivity contribution in [1.82, 2.24) is 5.32 Å². The number of piperazine rings is 1. The van der Waals surface area contributed by atoms with Gasteiger partial charge < -0.3 is 19.7 Å². The Morgan fingerprint density at radius 3 is 2.61 bits per heavy atom. The lowest BCUT2D eigenvalue weighted by atomic mass is 10.00. The molecule has 5 rings (SSSR count). The van der Waals surface area contributed by atoms with Crippen LogP contribution in [0.2, 0.25) is 0 Å². The van der Waals surface area contributed by atoms with E-state index < -0.39 is 0 Å². The quantitative estimate of drug-likeness (QED) is 0.600. The smallest absolute Gasteiger partial charge is 0.163 e. The minimum absolute atomic E-state index is 0.327. The van der Waals surface area contributed by atoms with Crippen molar-refractivity contribution in [3.8, 4) is 11.5 Å². The molecule has 1 saturated carbocycles. The summed E-state index contributed by atoms with van der Waals surface area (Å²) in [6.07, 6.45) is 6.18. The normalized spacial score (nSPS) is 19.6. The van der Waals surface area contributed by atoms with Crippen molar-refractivity contribution in [3.63, 3.8) is 0 Å². The first-order valence-electron chi connectivity index (χ1n) is 11.6. The first-order valence-corrected chi connectivity index (χ1v) is 11.6. The molecule has 0 amide bonds. The summed E-state index contributed by atoms with van der Waals surface area (Å²) in [5.74, 6) is 1.72. The van der Waals surface area contributed by atoms with Gasteiger partial charge in [0.2, 0.25) is 0 Å². The lowest BCUT2D eigenvalue weighted by molar-refractivity contribution is 0.201. The second-order valence-corrected chi connectivity index (χ2v) is 8.84. The fraction of sp³-hybridized carbons (Fsp3) is 0.407. The first kappa shape index (κ1) is 20.2. The third-order valence-electron chi connectivity index (χ3n) is 6.66. The number of methoxy groups -OCH3 is 1. The topological polar surface area (TPSA) is 33.7 Å². The Kier molecular flexibility index (Phi) is 5.99. The van der Waals surface area contributed by atoms with E-state index in [0.717, 1.165) is 50.4 Å². The molecule has 4 heteroatoms. The van der Waals surface area contributed by atoms with Crippen LogP contribution in [0.3, 0.4) is 0 Å². The van der Waals surface area contributed by atoms with E-state index in [4.69, 9.17) is 9.47 Å². The molecule has 31 heavy (non-hydrogen) atoms. The average molecular weight is 417 g/mol. The Balaban J connectivity index is 1.30. The highest BCUT2D eigenvalue weighted by Crippen LogP contribution is 2.35. The van der Waals surface area contributed by atoms with Gasteiger partial charge in [0.1, 0.15) is 0 Å². The van der Waals surface area contributed by atoms with Gasteiger partial charge in [-0.15, -0.1) is 0 Å². The number of rotatable bonds is 6. The minimum atomic E-state index is 0.327. The van der Waals surface area contributed by atoms with Gasteiger partial charge in [-0.25, -0.2) is 0 Å². The third kappa shape index (κ3) is 4.64. The molecule has 0 spiro atoms. The fourth-order valence-corrected chi connectivity index (χ4v) is 4.99. The number of nitrogens with zero attached hydrogens (tertiary/aromatic N) is 1. The highest BCUT2D eigenvalue weighted by Gasteiger charge is 2.23. The van der Waals surface area contributed by atoms with Gasteiger partial charge in [0.05, 0.1) is 13.2 Å². The molecular weight excluding hydrogens is 384 g/mol. The van der Waals surface area contributed by atoms with Gasteiger partial charge in [0.25, 0.3) is 0 Å². The second kappa shape index (κ2) is 9.19. The fourth-order valence-electron chi connectivity index (χ4n) is 4.99. The molecule has 4 nitrogen and oxygen atoms in total. The SMILES string of the molecule is COc1ccc(N2CCN[C@@H](Cc3ccc4ccccc4c3)C2)cc1OC1CCCC1. The summed E-state index contributed by atoms with van der Waals surface area (Å²) in [5.41, 5.74) is 2.61. The summed E-state index contributed by atoms with van der Waals surface area (Å²) in [6, 6.07) is 22.2. The number of anilines is 1. The monoisotopic (exact) mass is 416 g/mol. The maximum atomic E-state index is 6.32. The van der Waals surface area contributed by atoms with Crippen LogP contribution in [0.4, 0.5) is 5.69 Å². The molecule has 1 aliphatic carbocycles. The number of hydrogen-bond donors (Lipinski definition) is 1. The number of ether oxygens (including phenoxy) is 2. The number of nitrogens with one attached hydrogen (secondary N) is 1. The van der Waals surface area contributed by atoms with Crippen LogP contribution in [-0.2, 0) is 6.42 Å². The Hall–Kier alpha value is -2.72. The minimum Gasteiger partial charge on any atom is -0.493 e. The summed E-state index contributed by atoms with van der Waals surface area (Å²) in [6.45, 7) is 2.98. The molecule has 0 radical (unpaired) electrons. The van der Waals surface area contributed by atoms with Gasteiger partial charge in [-0.1, -0.05) is 42.5 Å². The van der Waals surface area contributed by atoms with Crippen molar-refractivity contribution in [2.45, 2.75) is 44.2 Å². The molecule has 1 atom stereocenters. The molecule has 0 bridgehead atoms. The average Bonchev–Trinajstić information content (AvgIpc) is 3.32. The summed E-state index contributed by atoms with van der Waals surface area (Å²) >= 11 is 0. The van der Waals surface area contributed by atoms with Crippen molar-refractivity contribution in [1.29, 1.82) is 0 Å². The number of hydrogen-bond acceptors (Lipinski definition) is 4. The molecule has 0 aromatic heterocycles. The molecule has 162 valence electrons. The van der Waals surface area contributed by atoms with Crippen LogP contribution < -0.4 is 19.7 Å². The third-order valence-corrected chi connectivity index (χ3v) is 6.66. The number of benzene rings is 3. The molecule has 2 fully saturated rings. The van der Waals surface area contributed by atoms with E-state index in [-0.39, 0.29) is 0 Å². The van der Waals surface area contributed by atoms with Crippen molar-refractivity contribution in [3.05, 3.63) is 66.2 Å². The number of fused-ring (bicyclic) bond motifs is 1.